The highest BCUT2D eigenvalue weighted by Gasteiger charge is 2.32. The van der Waals surface area contributed by atoms with Gasteiger partial charge in [-0.3, -0.25) is 4.79 Å². The first-order valence-electron chi connectivity index (χ1n) is 6.24. The average molecular weight is 279 g/mol. The highest BCUT2D eigenvalue weighted by atomic mass is 32.2. The number of amides is 1. The van der Waals surface area contributed by atoms with Crippen molar-refractivity contribution < 1.29 is 13.2 Å². The Hall–Kier alpha value is -0.660. The van der Waals surface area contributed by atoms with Gasteiger partial charge in [0.1, 0.15) is 0 Å². The summed E-state index contributed by atoms with van der Waals surface area (Å²) in [7, 11) is -3.15. The van der Waals surface area contributed by atoms with Crippen LogP contribution in [-0.4, -0.2) is 40.2 Å². The third kappa shape index (κ3) is 5.79. The minimum Gasteiger partial charge on any atom is -0.356 e. The van der Waals surface area contributed by atoms with Gasteiger partial charge < -0.3 is 11.1 Å². The molecule has 6 nitrogen and oxygen atoms in total. The lowest BCUT2D eigenvalue weighted by atomic mass is 9.81. The summed E-state index contributed by atoms with van der Waals surface area (Å²) < 4.78 is 24.0. The molecule has 0 atom stereocenters. The number of carbonyl (C=O) groups excluding carboxylic acids is 1. The molecule has 1 amide bonds. The molecule has 0 unspecified atom stereocenters. The maximum absolute atomic E-state index is 12.0. The third-order valence-corrected chi connectivity index (χ3v) is 3.96. The standard InChI is InChI=1S/C11H25N3O3S/c1-4-11(5-2,9-12)10(15)13-7-6-8-14-18(3,16)17/h14H,4-9,12H2,1-3H3,(H,13,15). The summed E-state index contributed by atoms with van der Waals surface area (Å²) in [6.07, 6.45) is 3.08. The smallest absolute Gasteiger partial charge is 0.227 e. The Kier molecular flexibility index (Phi) is 7.42. The zero-order valence-corrected chi connectivity index (χ0v) is 12.3. The van der Waals surface area contributed by atoms with Crippen molar-refractivity contribution in [3.63, 3.8) is 0 Å². The lowest BCUT2D eigenvalue weighted by molar-refractivity contribution is -0.131. The number of rotatable bonds is 9. The number of hydrogen-bond acceptors (Lipinski definition) is 4. The van der Waals surface area contributed by atoms with E-state index in [9.17, 15) is 13.2 Å². The highest BCUT2D eigenvalue weighted by Crippen LogP contribution is 2.24. The van der Waals surface area contributed by atoms with Gasteiger partial charge >= 0.3 is 0 Å². The van der Waals surface area contributed by atoms with E-state index in [0.29, 0.717) is 38.9 Å². The molecular weight excluding hydrogens is 254 g/mol. The summed E-state index contributed by atoms with van der Waals surface area (Å²) in [4.78, 5) is 12.0. The molecule has 0 radical (unpaired) electrons. The van der Waals surface area contributed by atoms with E-state index in [4.69, 9.17) is 5.73 Å². The Bertz CT molecular complexity index is 342. The predicted octanol–water partition coefficient (Wildman–Crippen LogP) is -0.193. The van der Waals surface area contributed by atoms with E-state index in [1.165, 1.54) is 0 Å². The monoisotopic (exact) mass is 279 g/mol. The van der Waals surface area contributed by atoms with Crippen molar-refractivity contribution in [2.24, 2.45) is 11.1 Å². The lowest BCUT2D eigenvalue weighted by Gasteiger charge is -2.28. The molecule has 0 aliphatic carbocycles. The molecule has 0 aromatic heterocycles. The Balaban J connectivity index is 4.03. The van der Waals surface area contributed by atoms with Crippen LogP contribution in [-0.2, 0) is 14.8 Å². The molecule has 0 saturated heterocycles. The summed E-state index contributed by atoms with van der Waals surface area (Å²) in [5.41, 5.74) is 5.17. The van der Waals surface area contributed by atoms with Crippen LogP contribution >= 0.6 is 0 Å². The van der Waals surface area contributed by atoms with Gasteiger partial charge in [0, 0.05) is 19.6 Å². The summed E-state index contributed by atoms with van der Waals surface area (Å²) in [5, 5.41) is 2.81. The van der Waals surface area contributed by atoms with Gasteiger partial charge in [-0.2, -0.15) is 0 Å². The lowest BCUT2D eigenvalue weighted by Crippen LogP contribution is -2.45. The van der Waals surface area contributed by atoms with Crippen molar-refractivity contribution in [3.8, 4) is 0 Å². The Labute approximate surface area is 110 Å². The minimum absolute atomic E-state index is 0.0469. The fourth-order valence-corrected chi connectivity index (χ4v) is 2.20. The molecule has 18 heavy (non-hydrogen) atoms. The third-order valence-electron chi connectivity index (χ3n) is 3.23. The highest BCUT2D eigenvalue weighted by molar-refractivity contribution is 7.88. The molecule has 0 aromatic carbocycles. The Morgan fingerprint density at radius 2 is 1.78 bits per heavy atom. The fourth-order valence-electron chi connectivity index (χ4n) is 1.69. The van der Waals surface area contributed by atoms with Gasteiger partial charge in [-0.1, -0.05) is 13.8 Å². The van der Waals surface area contributed by atoms with Gasteiger partial charge in [-0.05, 0) is 19.3 Å². The summed E-state index contributed by atoms with van der Waals surface area (Å²) >= 11 is 0. The molecule has 0 aromatic rings. The van der Waals surface area contributed by atoms with Gasteiger partial charge in [-0.15, -0.1) is 0 Å². The van der Waals surface area contributed by atoms with Crippen molar-refractivity contribution in [1.82, 2.24) is 10.0 Å². The molecule has 0 saturated carbocycles. The van der Waals surface area contributed by atoms with E-state index in [0.717, 1.165) is 6.26 Å². The number of sulfonamides is 1. The minimum atomic E-state index is -3.15. The second kappa shape index (κ2) is 7.70. The van der Waals surface area contributed by atoms with Crippen molar-refractivity contribution in [1.29, 1.82) is 0 Å². The molecule has 0 spiro atoms. The second-order valence-electron chi connectivity index (χ2n) is 4.47. The molecule has 0 fully saturated rings. The fraction of sp³-hybridized carbons (Fsp3) is 0.909. The average Bonchev–Trinajstić information content (AvgIpc) is 2.30. The largest absolute Gasteiger partial charge is 0.356 e. The second-order valence-corrected chi connectivity index (χ2v) is 6.30. The van der Waals surface area contributed by atoms with Gasteiger partial charge in [0.25, 0.3) is 0 Å². The van der Waals surface area contributed by atoms with Crippen LogP contribution in [0.5, 0.6) is 0 Å². The first-order valence-corrected chi connectivity index (χ1v) is 8.13. The van der Waals surface area contributed by atoms with Crippen LogP contribution in [0.2, 0.25) is 0 Å². The van der Waals surface area contributed by atoms with Crippen LogP contribution in [0.1, 0.15) is 33.1 Å². The van der Waals surface area contributed by atoms with Crippen molar-refractivity contribution in [2.75, 3.05) is 25.9 Å². The molecule has 7 heteroatoms. The summed E-state index contributed by atoms with van der Waals surface area (Å²) in [6.45, 7) is 4.99. The predicted molar refractivity (Wildman–Crippen MR) is 72.5 cm³/mol. The number of carbonyl (C=O) groups is 1. The molecule has 0 aliphatic heterocycles. The molecule has 0 bridgehead atoms. The SMILES string of the molecule is CCC(CC)(CN)C(=O)NCCCNS(C)(=O)=O. The van der Waals surface area contributed by atoms with E-state index in [2.05, 4.69) is 10.0 Å². The quantitative estimate of drug-likeness (QED) is 0.509. The van der Waals surface area contributed by atoms with Crippen LogP contribution in [0.25, 0.3) is 0 Å². The summed E-state index contributed by atoms with van der Waals surface area (Å²) in [5.74, 6) is -0.0469. The van der Waals surface area contributed by atoms with Crippen LogP contribution in [0.4, 0.5) is 0 Å². The molecule has 0 rings (SSSR count). The van der Waals surface area contributed by atoms with Crippen molar-refractivity contribution in [3.05, 3.63) is 0 Å². The zero-order valence-electron chi connectivity index (χ0n) is 11.5. The molecule has 0 aliphatic rings. The molecule has 0 heterocycles. The number of hydrogen-bond donors (Lipinski definition) is 3. The van der Waals surface area contributed by atoms with Gasteiger partial charge in [0.05, 0.1) is 11.7 Å². The Morgan fingerprint density at radius 3 is 2.17 bits per heavy atom. The van der Waals surface area contributed by atoms with E-state index in [-0.39, 0.29) is 5.91 Å². The summed E-state index contributed by atoms with van der Waals surface area (Å²) in [6, 6.07) is 0. The van der Waals surface area contributed by atoms with Gasteiger partial charge in [0.15, 0.2) is 0 Å². The number of nitrogens with one attached hydrogen (secondary N) is 2. The van der Waals surface area contributed by atoms with E-state index in [1.807, 2.05) is 13.8 Å². The van der Waals surface area contributed by atoms with Gasteiger partial charge in [-0.25, -0.2) is 13.1 Å². The van der Waals surface area contributed by atoms with Crippen LogP contribution in [0.3, 0.4) is 0 Å². The molecule has 108 valence electrons. The van der Waals surface area contributed by atoms with E-state index < -0.39 is 15.4 Å². The first-order chi connectivity index (χ1) is 8.31. The maximum Gasteiger partial charge on any atom is 0.227 e. The Morgan fingerprint density at radius 1 is 1.22 bits per heavy atom. The molecule has 4 N–H and O–H groups in total. The maximum atomic E-state index is 12.0. The van der Waals surface area contributed by atoms with E-state index in [1.54, 1.807) is 0 Å². The number of nitrogens with two attached hydrogens (primary N) is 1. The zero-order chi connectivity index (χ0) is 14.2. The first kappa shape index (κ1) is 17.3. The topological polar surface area (TPSA) is 101 Å². The van der Waals surface area contributed by atoms with Crippen LogP contribution < -0.4 is 15.8 Å². The van der Waals surface area contributed by atoms with Crippen LogP contribution in [0, 0.1) is 5.41 Å². The van der Waals surface area contributed by atoms with Crippen LogP contribution in [0.15, 0.2) is 0 Å². The van der Waals surface area contributed by atoms with Gasteiger partial charge in [0.2, 0.25) is 15.9 Å². The van der Waals surface area contributed by atoms with Crippen molar-refractivity contribution >= 4 is 15.9 Å². The molecular formula is C11H25N3O3S. The van der Waals surface area contributed by atoms with Crippen molar-refractivity contribution in [2.45, 2.75) is 33.1 Å². The van der Waals surface area contributed by atoms with E-state index >= 15 is 0 Å². The normalized spacial score (nSPS) is 12.4.